The molecule has 0 unspecified atom stereocenters. The summed E-state index contributed by atoms with van der Waals surface area (Å²) in [5.41, 5.74) is 3.19. The van der Waals surface area contributed by atoms with Crippen molar-refractivity contribution in [3.05, 3.63) is 66.1 Å². The highest BCUT2D eigenvalue weighted by Crippen LogP contribution is 2.23. The van der Waals surface area contributed by atoms with Crippen LogP contribution in [0.4, 0.5) is 4.39 Å². The number of pyridine rings is 1. The number of hydrogen-bond acceptors (Lipinski definition) is 2. The van der Waals surface area contributed by atoms with E-state index in [1.807, 2.05) is 18.2 Å². The zero-order chi connectivity index (χ0) is 13.2. The molecular weight excluding hydrogens is 239 g/mol. The second-order valence-corrected chi connectivity index (χ2v) is 4.25. The lowest BCUT2D eigenvalue weighted by atomic mass is 10.0. The van der Waals surface area contributed by atoms with E-state index in [0.29, 0.717) is 11.1 Å². The Morgan fingerprint density at radius 1 is 0.947 bits per heavy atom. The Morgan fingerprint density at radius 2 is 1.74 bits per heavy atom. The van der Waals surface area contributed by atoms with Crippen LogP contribution in [0.2, 0.25) is 0 Å². The molecule has 3 aromatic rings. The monoisotopic (exact) mass is 248 g/mol. The van der Waals surface area contributed by atoms with E-state index in [9.17, 15) is 4.39 Å². The quantitative estimate of drug-likeness (QED) is 0.654. The lowest BCUT2D eigenvalue weighted by Crippen LogP contribution is -1.84. The van der Waals surface area contributed by atoms with E-state index in [4.69, 9.17) is 5.26 Å². The Hall–Kier alpha value is -2.73. The number of aromatic nitrogens is 1. The van der Waals surface area contributed by atoms with Gasteiger partial charge < -0.3 is 0 Å². The Bertz CT molecular complexity index is 786. The van der Waals surface area contributed by atoms with Gasteiger partial charge in [0.15, 0.2) is 0 Å². The van der Waals surface area contributed by atoms with Crippen molar-refractivity contribution >= 4 is 10.9 Å². The van der Waals surface area contributed by atoms with Crippen molar-refractivity contribution in [1.82, 2.24) is 4.98 Å². The minimum absolute atomic E-state index is 0.286. The Kier molecular flexibility index (Phi) is 2.70. The molecule has 0 bridgehead atoms. The van der Waals surface area contributed by atoms with Gasteiger partial charge in [-0.05, 0) is 35.9 Å². The SMILES string of the molecule is N#Cc1ccc(-c2cnc3cc(F)ccc3c2)cc1. The van der Waals surface area contributed by atoms with Crippen LogP contribution in [-0.2, 0) is 0 Å². The third kappa shape index (κ3) is 2.16. The zero-order valence-corrected chi connectivity index (χ0v) is 9.97. The summed E-state index contributed by atoms with van der Waals surface area (Å²) in [5, 5.41) is 9.66. The van der Waals surface area contributed by atoms with Crippen molar-refractivity contribution < 1.29 is 4.39 Å². The van der Waals surface area contributed by atoms with Crippen LogP contribution >= 0.6 is 0 Å². The van der Waals surface area contributed by atoms with Crippen LogP contribution in [-0.4, -0.2) is 4.98 Å². The Morgan fingerprint density at radius 3 is 2.47 bits per heavy atom. The van der Waals surface area contributed by atoms with Crippen LogP contribution in [0, 0.1) is 17.1 Å². The van der Waals surface area contributed by atoms with Crippen molar-refractivity contribution in [3.8, 4) is 17.2 Å². The standard InChI is InChI=1S/C16H9FN2/c17-15-6-5-13-7-14(10-19-16(13)8-15)12-3-1-11(9-18)2-4-12/h1-8,10H. The van der Waals surface area contributed by atoms with Gasteiger partial charge in [-0.2, -0.15) is 5.26 Å². The molecule has 0 N–H and O–H groups in total. The fourth-order valence-corrected chi connectivity index (χ4v) is 1.99. The third-order valence-electron chi connectivity index (χ3n) is 2.99. The molecule has 19 heavy (non-hydrogen) atoms. The number of halogens is 1. The summed E-state index contributed by atoms with van der Waals surface area (Å²) in [5.74, 6) is -0.286. The summed E-state index contributed by atoms with van der Waals surface area (Å²) in [4.78, 5) is 4.26. The van der Waals surface area contributed by atoms with Gasteiger partial charge in [-0.15, -0.1) is 0 Å². The molecule has 0 spiro atoms. The van der Waals surface area contributed by atoms with Gasteiger partial charge in [0.25, 0.3) is 0 Å². The number of nitrogens with zero attached hydrogens (tertiary/aromatic N) is 2. The first-order valence-electron chi connectivity index (χ1n) is 5.82. The first-order chi connectivity index (χ1) is 9.26. The van der Waals surface area contributed by atoms with Gasteiger partial charge in [-0.25, -0.2) is 4.39 Å². The molecule has 3 heteroatoms. The molecule has 2 nitrogen and oxygen atoms in total. The largest absolute Gasteiger partial charge is 0.256 e. The third-order valence-corrected chi connectivity index (χ3v) is 2.99. The van der Waals surface area contributed by atoms with E-state index in [-0.39, 0.29) is 5.82 Å². The van der Waals surface area contributed by atoms with Crippen molar-refractivity contribution in [3.63, 3.8) is 0 Å². The Labute approximate surface area is 109 Å². The molecule has 0 saturated heterocycles. The highest BCUT2D eigenvalue weighted by atomic mass is 19.1. The van der Waals surface area contributed by atoms with E-state index in [2.05, 4.69) is 11.1 Å². The minimum Gasteiger partial charge on any atom is -0.256 e. The molecule has 0 aliphatic rings. The minimum atomic E-state index is -0.286. The highest BCUT2D eigenvalue weighted by Gasteiger charge is 2.02. The van der Waals surface area contributed by atoms with Gasteiger partial charge in [-0.3, -0.25) is 4.98 Å². The smallest absolute Gasteiger partial charge is 0.125 e. The molecule has 0 radical (unpaired) electrons. The molecule has 0 amide bonds. The van der Waals surface area contributed by atoms with Crippen LogP contribution in [0.1, 0.15) is 5.56 Å². The Balaban J connectivity index is 2.09. The van der Waals surface area contributed by atoms with Gasteiger partial charge in [0, 0.05) is 23.2 Å². The lowest BCUT2D eigenvalue weighted by Gasteiger charge is -2.03. The number of nitriles is 1. The molecule has 2 aromatic carbocycles. The molecule has 0 fully saturated rings. The van der Waals surface area contributed by atoms with Crippen LogP contribution in [0.3, 0.4) is 0 Å². The van der Waals surface area contributed by atoms with E-state index in [0.717, 1.165) is 16.5 Å². The first kappa shape index (κ1) is 11.4. The maximum Gasteiger partial charge on any atom is 0.125 e. The van der Waals surface area contributed by atoms with Crippen LogP contribution < -0.4 is 0 Å². The average Bonchev–Trinajstić information content (AvgIpc) is 2.47. The van der Waals surface area contributed by atoms with E-state index in [1.54, 1.807) is 24.4 Å². The summed E-state index contributed by atoms with van der Waals surface area (Å²) in [6.07, 6.45) is 1.71. The average molecular weight is 248 g/mol. The molecule has 0 saturated carbocycles. The van der Waals surface area contributed by atoms with E-state index in [1.165, 1.54) is 12.1 Å². The van der Waals surface area contributed by atoms with Gasteiger partial charge in [0.1, 0.15) is 5.82 Å². The van der Waals surface area contributed by atoms with Crippen LogP contribution in [0.25, 0.3) is 22.0 Å². The van der Waals surface area contributed by atoms with Gasteiger partial charge in [0.2, 0.25) is 0 Å². The maximum absolute atomic E-state index is 13.1. The van der Waals surface area contributed by atoms with Crippen molar-refractivity contribution in [2.75, 3.05) is 0 Å². The normalized spacial score (nSPS) is 10.3. The molecule has 0 aliphatic carbocycles. The number of fused-ring (bicyclic) bond motifs is 1. The predicted octanol–water partition coefficient (Wildman–Crippen LogP) is 3.91. The van der Waals surface area contributed by atoms with E-state index < -0.39 is 0 Å². The van der Waals surface area contributed by atoms with Gasteiger partial charge in [0.05, 0.1) is 17.1 Å². The van der Waals surface area contributed by atoms with Crippen molar-refractivity contribution in [2.45, 2.75) is 0 Å². The van der Waals surface area contributed by atoms with Crippen molar-refractivity contribution in [1.29, 1.82) is 5.26 Å². The summed E-state index contributed by atoms with van der Waals surface area (Å²) >= 11 is 0. The highest BCUT2D eigenvalue weighted by molar-refractivity contribution is 5.83. The molecule has 3 rings (SSSR count). The molecular formula is C16H9FN2. The molecule has 0 atom stereocenters. The fraction of sp³-hybridized carbons (Fsp3) is 0. The number of benzene rings is 2. The molecule has 1 aromatic heterocycles. The topological polar surface area (TPSA) is 36.7 Å². The van der Waals surface area contributed by atoms with Crippen molar-refractivity contribution in [2.24, 2.45) is 0 Å². The first-order valence-corrected chi connectivity index (χ1v) is 5.82. The zero-order valence-electron chi connectivity index (χ0n) is 9.97. The summed E-state index contributed by atoms with van der Waals surface area (Å²) in [6, 6.07) is 15.9. The summed E-state index contributed by atoms with van der Waals surface area (Å²) in [7, 11) is 0. The molecule has 90 valence electrons. The fourth-order valence-electron chi connectivity index (χ4n) is 1.99. The predicted molar refractivity (Wildman–Crippen MR) is 71.9 cm³/mol. The summed E-state index contributed by atoms with van der Waals surface area (Å²) in [6.45, 7) is 0. The summed E-state index contributed by atoms with van der Waals surface area (Å²) < 4.78 is 13.1. The molecule has 0 aliphatic heterocycles. The lowest BCUT2D eigenvalue weighted by molar-refractivity contribution is 0.629. The maximum atomic E-state index is 13.1. The second kappa shape index (κ2) is 4.51. The number of hydrogen-bond donors (Lipinski definition) is 0. The molecule has 1 heterocycles. The van der Waals surface area contributed by atoms with Crippen LogP contribution in [0.15, 0.2) is 54.7 Å². The van der Waals surface area contributed by atoms with Gasteiger partial charge >= 0.3 is 0 Å². The number of rotatable bonds is 1. The second-order valence-electron chi connectivity index (χ2n) is 4.25. The van der Waals surface area contributed by atoms with E-state index >= 15 is 0 Å². The van der Waals surface area contributed by atoms with Gasteiger partial charge in [-0.1, -0.05) is 12.1 Å². The van der Waals surface area contributed by atoms with Crippen LogP contribution in [0.5, 0.6) is 0 Å².